The maximum atomic E-state index is 13.1. The molecular weight excluding hydrogens is 436 g/mol. The van der Waals surface area contributed by atoms with Crippen LogP contribution in [-0.4, -0.2) is 80.9 Å². The third-order valence-corrected chi connectivity index (χ3v) is 7.83. The number of rotatable bonds is 6. The summed E-state index contributed by atoms with van der Waals surface area (Å²) in [5, 5.41) is 31.7. The van der Waals surface area contributed by atoms with E-state index in [-0.39, 0.29) is 24.0 Å². The minimum Gasteiger partial charge on any atom is -0.391 e. The van der Waals surface area contributed by atoms with Gasteiger partial charge in [0.1, 0.15) is 9.79 Å². The summed E-state index contributed by atoms with van der Waals surface area (Å²) in [4.78, 5) is 0.659. The molecule has 3 heterocycles. The molecule has 15 heteroatoms. The Labute approximate surface area is 173 Å². The summed E-state index contributed by atoms with van der Waals surface area (Å²) in [6.45, 7) is 1.78. The van der Waals surface area contributed by atoms with E-state index in [0.717, 1.165) is 0 Å². The molecule has 0 radical (unpaired) electrons. The lowest BCUT2D eigenvalue weighted by molar-refractivity contribution is 0.198. The van der Waals surface area contributed by atoms with Crippen LogP contribution in [0, 0.1) is 0 Å². The van der Waals surface area contributed by atoms with Crippen LogP contribution in [0.3, 0.4) is 0 Å². The first kappa shape index (κ1) is 21.1. The number of hydrogen-bond acceptors (Lipinski definition) is 10. The first-order valence-corrected chi connectivity index (χ1v) is 12.3. The number of aromatic amines is 1. The van der Waals surface area contributed by atoms with E-state index in [1.165, 1.54) is 12.1 Å². The number of hydrogen-bond donors (Lipinski definition) is 5. The van der Waals surface area contributed by atoms with Gasteiger partial charge in [0.2, 0.25) is 20.0 Å². The molecule has 2 aliphatic heterocycles. The third kappa shape index (κ3) is 4.03. The van der Waals surface area contributed by atoms with E-state index in [1.54, 1.807) is 4.90 Å². The lowest BCUT2D eigenvalue weighted by Gasteiger charge is -2.24. The van der Waals surface area contributed by atoms with E-state index in [4.69, 9.17) is 5.14 Å². The molecule has 1 aromatic carbocycles. The van der Waals surface area contributed by atoms with Crippen LogP contribution >= 0.6 is 0 Å². The van der Waals surface area contributed by atoms with Crippen molar-refractivity contribution in [2.45, 2.75) is 34.8 Å². The minimum atomic E-state index is -4.51. The first-order valence-electron chi connectivity index (χ1n) is 9.27. The summed E-state index contributed by atoms with van der Waals surface area (Å²) >= 11 is 0. The van der Waals surface area contributed by atoms with Gasteiger partial charge in [-0.25, -0.2) is 31.8 Å². The average molecular weight is 459 g/mol. The molecule has 0 aliphatic carbocycles. The van der Waals surface area contributed by atoms with Crippen molar-refractivity contribution >= 4 is 25.7 Å². The predicted molar refractivity (Wildman–Crippen MR) is 105 cm³/mol. The van der Waals surface area contributed by atoms with Crippen LogP contribution in [0.2, 0.25) is 0 Å². The van der Waals surface area contributed by atoms with Gasteiger partial charge in [0.25, 0.3) is 0 Å². The fourth-order valence-electron chi connectivity index (χ4n) is 3.80. The van der Waals surface area contributed by atoms with Gasteiger partial charge in [-0.2, -0.15) is 0 Å². The van der Waals surface area contributed by atoms with Gasteiger partial charge in [-0.05, 0) is 41.9 Å². The predicted octanol–water partition coefficient (Wildman–Crippen LogP) is -2.27. The molecule has 2 saturated heterocycles. The van der Waals surface area contributed by atoms with Crippen molar-refractivity contribution < 1.29 is 21.9 Å². The summed E-state index contributed by atoms with van der Waals surface area (Å²) in [6.07, 6.45) is 0.463. The Bertz CT molecular complexity index is 1130. The van der Waals surface area contributed by atoms with Gasteiger partial charge in [0.15, 0.2) is 5.82 Å². The van der Waals surface area contributed by atoms with Gasteiger partial charge >= 0.3 is 0 Å². The van der Waals surface area contributed by atoms with Crippen LogP contribution in [0.1, 0.15) is 12.8 Å². The molecule has 6 N–H and O–H groups in total. The summed E-state index contributed by atoms with van der Waals surface area (Å²) in [5.74, 6) is -0.0463. The van der Waals surface area contributed by atoms with Crippen LogP contribution in [0.25, 0.3) is 11.4 Å². The smallest absolute Gasteiger partial charge is 0.242 e. The molecular formula is C15H22N8O5S2. The molecule has 0 bridgehead atoms. The van der Waals surface area contributed by atoms with Gasteiger partial charge in [-0.1, -0.05) is 0 Å². The van der Waals surface area contributed by atoms with E-state index in [2.05, 4.69) is 30.7 Å². The molecule has 13 nitrogen and oxygen atoms in total. The molecule has 2 aromatic rings. The van der Waals surface area contributed by atoms with Gasteiger partial charge in [-0.3, -0.25) is 0 Å². The number of sulfonamides is 2. The van der Waals surface area contributed by atoms with E-state index in [1.807, 2.05) is 0 Å². The maximum absolute atomic E-state index is 13.1. The summed E-state index contributed by atoms with van der Waals surface area (Å²) in [6, 6.07) is 2.32. The maximum Gasteiger partial charge on any atom is 0.242 e. The van der Waals surface area contributed by atoms with Crippen molar-refractivity contribution in [1.82, 2.24) is 30.7 Å². The zero-order valence-corrected chi connectivity index (χ0v) is 17.4. The van der Waals surface area contributed by atoms with Crippen LogP contribution in [-0.2, 0) is 20.0 Å². The number of β-amino-alcohol motifs (C(OH)–C–C–N with tert-alkyl or cyclic N) is 1. The number of nitrogens with one attached hydrogen (secondary N) is 3. The van der Waals surface area contributed by atoms with Crippen molar-refractivity contribution in [3.8, 4) is 11.4 Å². The van der Waals surface area contributed by atoms with Crippen molar-refractivity contribution in [2.75, 3.05) is 31.1 Å². The fraction of sp³-hybridized carbons (Fsp3) is 0.533. The molecule has 2 aliphatic rings. The molecule has 1 aromatic heterocycles. The normalized spacial score (nSPS) is 22.7. The standard InChI is InChI=1S/C15H22N8O5S2/c16-29(25,26)14-12(30(27,28)20-9-3-5-17-7-9)2-1-11(23-6-4-10(24)8-23)13(14)15-18-21-22-19-15/h1-2,9-10,17,20,24H,3-8H2,(H2,16,25,26)(H,18,19,21,22)/t9-,10-/m1/s1. The summed E-state index contributed by atoms with van der Waals surface area (Å²) in [7, 11) is -8.73. The number of benzene rings is 1. The van der Waals surface area contributed by atoms with Crippen molar-refractivity contribution in [1.29, 1.82) is 0 Å². The number of aromatic nitrogens is 4. The van der Waals surface area contributed by atoms with Crippen molar-refractivity contribution in [3.05, 3.63) is 12.1 Å². The van der Waals surface area contributed by atoms with E-state index in [0.29, 0.717) is 38.2 Å². The molecule has 0 saturated carbocycles. The number of nitrogens with two attached hydrogens (primary N) is 1. The van der Waals surface area contributed by atoms with E-state index in [9.17, 15) is 21.9 Å². The Hall–Kier alpha value is -2.17. The number of nitrogens with zero attached hydrogens (tertiary/aromatic N) is 4. The highest BCUT2D eigenvalue weighted by atomic mass is 32.2. The quantitative estimate of drug-likeness (QED) is 0.314. The Morgan fingerprint density at radius 3 is 2.60 bits per heavy atom. The van der Waals surface area contributed by atoms with Crippen molar-refractivity contribution in [2.24, 2.45) is 5.14 Å². The highest BCUT2D eigenvalue weighted by Crippen LogP contribution is 2.39. The zero-order valence-electron chi connectivity index (χ0n) is 15.8. The second-order valence-corrected chi connectivity index (χ2v) is 10.5. The van der Waals surface area contributed by atoms with Gasteiger partial charge < -0.3 is 15.3 Å². The summed E-state index contributed by atoms with van der Waals surface area (Å²) < 4.78 is 53.9. The number of primary sulfonamides is 1. The fourth-order valence-corrected chi connectivity index (χ4v) is 6.68. The lowest BCUT2D eigenvalue weighted by atomic mass is 10.1. The number of aliphatic hydroxyl groups is 1. The highest BCUT2D eigenvalue weighted by molar-refractivity contribution is 7.92. The second-order valence-electron chi connectivity index (χ2n) is 7.28. The minimum absolute atomic E-state index is 0.0463. The number of H-pyrrole nitrogens is 1. The van der Waals surface area contributed by atoms with E-state index >= 15 is 0 Å². The lowest BCUT2D eigenvalue weighted by Crippen LogP contribution is -2.37. The van der Waals surface area contributed by atoms with E-state index < -0.39 is 35.9 Å². The monoisotopic (exact) mass is 458 g/mol. The Kier molecular flexibility index (Phi) is 5.50. The zero-order chi connectivity index (χ0) is 21.5. The van der Waals surface area contributed by atoms with Crippen LogP contribution in [0.5, 0.6) is 0 Å². The molecule has 164 valence electrons. The number of tetrazole rings is 1. The molecule has 4 rings (SSSR count). The first-order chi connectivity index (χ1) is 14.2. The third-order valence-electron chi connectivity index (χ3n) is 5.14. The summed E-state index contributed by atoms with van der Waals surface area (Å²) in [5.41, 5.74) is 0.305. The van der Waals surface area contributed by atoms with Gasteiger partial charge in [0, 0.05) is 31.4 Å². The topological polar surface area (TPSA) is 196 Å². The highest BCUT2D eigenvalue weighted by Gasteiger charge is 2.35. The Morgan fingerprint density at radius 2 is 2.03 bits per heavy atom. The molecule has 2 atom stereocenters. The molecule has 0 amide bonds. The Morgan fingerprint density at radius 1 is 1.23 bits per heavy atom. The second kappa shape index (κ2) is 7.82. The van der Waals surface area contributed by atoms with Crippen molar-refractivity contribution in [3.63, 3.8) is 0 Å². The van der Waals surface area contributed by atoms with Crippen LogP contribution < -0.4 is 20.1 Å². The molecule has 30 heavy (non-hydrogen) atoms. The largest absolute Gasteiger partial charge is 0.391 e. The molecule has 2 fully saturated rings. The van der Waals surface area contributed by atoms with Crippen LogP contribution in [0.15, 0.2) is 21.9 Å². The average Bonchev–Trinajstić information content (AvgIpc) is 3.42. The SMILES string of the molecule is NS(=O)(=O)c1c(S(=O)(=O)N[C@@H]2CCNC2)ccc(N2CC[C@@H](O)C2)c1-c1nnn[nH]1. The number of aliphatic hydroxyl groups excluding tert-OH is 1. The molecule has 0 unspecified atom stereocenters. The number of anilines is 1. The van der Waals surface area contributed by atoms with Crippen LogP contribution in [0.4, 0.5) is 5.69 Å². The Balaban J connectivity index is 1.93. The van der Waals surface area contributed by atoms with Gasteiger partial charge in [-0.15, -0.1) is 5.10 Å². The molecule has 0 spiro atoms. The van der Waals surface area contributed by atoms with Gasteiger partial charge in [0.05, 0.1) is 11.7 Å².